The average Bonchev–Trinajstić information content (AvgIpc) is 2.71. The highest BCUT2D eigenvalue weighted by atomic mass is 16.5. The van der Waals surface area contributed by atoms with Crippen LogP contribution in [0.4, 0.5) is 0 Å². The Morgan fingerprint density at radius 3 is 2.16 bits per heavy atom. The zero-order chi connectivity index (χ0) is 22.1. The molecule has 0 unspecified atom stereocenters. The molecule has 0 spiro atoms. The number of nitrogens with one attached hydrogen (secondary N) is 2. The highest BCUT2D eigenvalue weighted by molar-refractivity contribution is 5.86. The molecule has 0 radical (unpaired) electrons. The molecular weight excluding hydrogens is 394 g/mol. The molecule has 5 fully saturated rings. The van der Waals surface area contributed by atoms with E-state index in [1.165, 1.54) is 26.2 Å². The van der Waals surface area contributed by atoms with E-state index >= 15 is 0 Å². The molecular formula is C24H35N3O4. The van der Waals surface area contributed by atoms with Gasteiger partial charge in [-0.3, -0.25) is 14.4 Å². The Kier molecular flexibility index (Phi) is 6.27. The van der Waals surface area contributed by atoms with Gasteiger partial charge >= 0.3 is 5.97 Å². The van der Waals surface area contributed by atoms with Gasteiger partial charge in [-0.2, -0.15) is 5.26 Å². The van der Waals surface area contributed by atoms with E-state index in [1.807, 2.05) is 0 Å². The lowest BCUT2D eigenvalue weighted by Gasteiger charge is -2.56. The third-order valence-electron chi connectivity index (χ3n) is 8.09. The lowest BCUT2D eigenvalue weighted by atomic mass is 9.49. The van der Waals surface area contributed by atoms with Crippen LogP contribution in [-0.2, 0) is 19.1 Å². The number of nitrogens with zero attached hydrogens (tertiary/aromatic N) is 1. The van der Waals surface area contributed by atoms with Crippen molar-refractivity contribution in [2.45, 2.75) is 95.6 Å². The van der Waals surface area contributed by atoms with Gasteiger partial charge in [0, 0.05) is 6.42 Å². The van der Waals surface area contributed by atoms with Gasteiger partial charge in [-0.1, -0.05) is 19.3 Å². The van der Waals surface area contributed by atoms with Crippen molar-refractivity contribution < 1.29 is 19.1 Å². The first-order valence-electron chi connectivity index (χ1n) is 12.0. The molecule has 2 amide bonds. The van der Waals surface area contributed by atoms with Crippen LogP contribution in [0.2, 0.25) is 0 Å². The van der Waals surface area contributed by atoms with Gasteiger partial charge in [-0.05, 0) is 81.5 Å². The van der Waals surface area contributed by atoms with E-state index < -0.39 is 23.5 Å². The lowest BCUT2D eigenvalue weighted by molar-refractivity contribution is -0.155. The van der Waals surface area contributed by atoms with Crippen molar-refractivity contribution in [1.29, 1.82) is 5.26 Å². The highest BCUT2D eigenvalue weighted by Gasteiger charge is 2.51. The van der Waals surface area contributed by atoms with Gasteiger partial charge in [-0.25, -0.2) is 0 Å². The predicted octanol–water partition coefficient (Wildman–Crippen LogP) is 2.98. The molecule has 5 aliphatic carbocycles. The second kappa shape index (κ2) is 8.80. The van der Waals surface area contributed by atoms with Crippen LogP contribution in [0.5, 0.6) is 0 Å². The van der Waals surface area contributed by atoms with E-state index in [2.05, 4.69) is 16.7 Å². The van der Waals surface area contributed by atoms with Gasteiger partial charge in [0.25, 0.3) is 5.91 Å². The van der Waals surface area contributed by atoms with E-state index in [0.717, 1.165) is 56.3 Å². The van der Waals surface area contributed by atoms with Crippen molar-refractivity contribution >= 4 is 17.8 Å². The molecule has 7 heteroatoms. The normalized spacial score (nSPS) is 33.7. The molecule has 0 aromatic carbocycles. The molecule has 170 valence electrons. The summed E-state index contributed by atoms with van der Waals surface area (Å²) in [6.07, 6.45) is 11.0. The predicted molar refractivity (Wildman–Crippen MR) is 113 cm³/mol. The van der Waals surface area contributed by atoms with Gasteiger partial charge in [0.05, 0.1) is 6.07 Å². The molecule has 5 saturated carbocycles. The number of carbonyl (C=O) groups excluding carboxylic acids is 3. The summed E-state index contributed by atoms with van der Waals surface area (Å²) in [6.45, 7) is 1.27. The van der Waals surface area contributed by atoms with E-state index in [4.69, 9.17) is 4.74 Å². The number of hydrogen-bond donors (Lipinski definition) is 2. The molecule has 0 aromatic rings. The summed E-state index contributed by atoms with van der Waals surface area (Å²) in [5, 5.41) is 15.0. The molecule has 0 heterocycles. The summed E-state index contributed by atoms with van der Waals surface area (Å²) in [5.74, 6) is 1.16. The summed E-state index contributed by atoms with van der Waals surface area (Å²) in [5.41, 5.74) is -0.733. The number of nitriles is 1. The van der Waals surface area contributed by atoms with E-state index in [1.54, 1.807) is 0 Å². The summed E-state index contributed by atoms with van der Waals surface area (Å²) in [6, 6.07) is 2.23. The van der Waals surface area contributed by atoms with Gasteiger partial charge in [0.2, 0.25) is 5.91 Å². The lowest BCUT2D eigenvalue weighted by Crippen LogP contribution is -2.52. The fourth-order valence-electron chi connectivity index (χ4n) is 7.13. The molecule has 0 aromatic heterocycles. The number of esters is 1. The summed E-state index contributed by atoms with van der Waals surface area (Å²) in [4.78, 5) is 37.2. The monoisotopic (exact) mass is 429 g/mol. The minimum absolute atomic E-state index is 0.0957. The summed E-state index contributed by atoms with van der Waals surface area (Å²) >= 11 is 0. The maximum atomic E-state index is 12.6. The maximum absolute atomic E-state index is 12.6. The SMILES string of the molecule is C[C@@H](OC(=O)CNC(=O)CC12CC3CC(CC(C3)C1)C2)C(=O)NC1(C#N)CCCCC1. The van der Waals surface area contributed by atoms with E-state index in [-0.39, 0.29) is 17.9 Å². The van der Waals surface area contributed by atoms with Crippen LogP contribution in [0.25, 0.3) is 0 Å². The van der Waals surface area contributed by atoms with Crippen LogP contribution >= 0.6 is 0 Å². The van der Waals surface area contributed by atoms with Gasteiger partial charge < -0.3 is 15.4 Å². The van der Waals surface area contributed by atoms with Gasteiger partial charge in [0.15, 0.2) is 6.10 Å². The van der Waals surface area contributed by atoms with Crippen molar-refractivity contribution in [2.24, 2.45) is 23.2 Å². The minimum Gasteiger partial charge on any atom is -0.451 e. The van der Waals surface area contributed by atoms with Crippen molar-refractivity contribution in [1.82, 2.24) is 10.6 Å². The van der Waals surface area contributed by atoms with Crippen LogP contribution in [0.15, 0.2) is 0 Å². The van der Waals surface area contributed by atoms with Crippen molar-refractivity contribution in [3.05, 3.63) is 0 Å². The number of rotatable bonds is 7. The molecule has 7 nitrogen and oxygen atoms in total. The number of ether oxygens (including phenoxy) is 1. The highest BCUT2D eigenvalue weighted by Crippen LogP contribution is 2.61. The summed E-state index contributed by atoms with van der Waals surface area (Å²) < 4.78 is 5.21. The van der Waals surface area contributed by atoms with Crippen LogP contribution < -0.4 is 10.6 Å². The van der Waals surface area contributed by atoms with Crippen molar-refractivity contribution in [3.8, 4) is 6.07 Å². The van der Waals surface area contributed by atoms with Crippen molar-refractivity contribution in [3.63, 3.8) is 0 Å². The van der Waals surface area contributed by atoms with Crippen molar-refractivity contribution in [2.75, 3.05) is 6.54 Å². The first-order valence-corrected chi connectivity index (χ1v) is 12.0. The standard InChI is InChI=1S/C24H35N3O4/c1-16(22(30)27-24(15-25)5-3-2-4-6-24)31-21(29)14-26-20(28)13-23-10-17-7-18(11-23)9-19(8-17)12-23/h16-19H,2-14H2,1H3,(H,26,28)(H,27,30)/t16-,17?,18?,19?,23?/m1/s1. The molecule has 31 heavy (non-hydrogen) atoms. The molecule has 0 saturated heterocycles. The van der Waals surface area contributed by atoms with Gasteiger partial charge in [-0.15, -0.1) is 0 Å². The number of carbonyl (C=O) groups is 3. The van der Waals surface area contributed by atoms with Crippen LogP contribution in [0.3, 0.4) is 0 Å². The fraction of sp³-hybridized carbons (Fsp3) is 0.833. The smallest absolute Gasteiger partial charge is 0.326 e. The average molecular weight is 430 g/mol. The fourth-order valence-corrected chi connectivity index (χ4v) is 7.13. The third-order valence-corrected chi connectivity index (χ3v) is 8.09. The van der Waals surface area contributed by atoms with E-state index in [9.17, 15) is 19.6 Å². The Morgan fingerprint density at radius 2 is 1.61 bits per heavy atom. The quantitative estimate of drug-likeness (QED) is 0.605. The Balaban J connectivity index is 1.20. The summed E-state index contributed by atoms with van der Waals surface area (Å²) in [7, 11) is 0. The topological polar surface area (TPSA) is 108 Å². The molecule has 1 atom stereocenters. The molecule has 4 bridgehead atoms. The molecule has 0 aliphatic heterocycles. The number of hydrogen-bond acceptors (Lipinski definition) is 5. The van der Waals surface area contributed by atoms with Gasteiger partial charge in [0.1, 0.15) is 12.1 Å². The Morgan fingerprint density at radius 1 is 1.03 bits per heavy atom. The zero-order valence-electron chi connectivity index (χ0n) is 18.6. The first-order chi connectivity index (χ1) is 14.8. The minimum atomic E-state index is -1.00. The first kappa shape index (κ1) is 22.1. The van der Waals surface area contributed by atoms with Crippen LogP contribution in [0.1, 0.15) is 84.0 Å². The second-order valence-corrected chi connectivity index (χ2v) is 10.7. The van der Waals surface area contributed by atoms with E-state index in [0.29, 0.717) is 19.3 Å². The molecule has 2 N–H and O–H groups in total. The number of amides is 2. The third kappa shape index (κ3) is 5.05. The Hall–Kier alpha value is -2.10. The largest absolute Gasteiger partial charge is 0.451 e. The molecule has 5 rings (SSSR count). The van der Waals surface area contributed by atoms with Crippen LogP contribution in [0, 0.1) is 34.5 Å². The molecule has 5 aliphatic rings. The Bertz CT molecular complexity index is 730. The van der Waals surface area contributed by atoms with Crippen LogP contribution in [-0.4, -0.2) is 36.0 Å². The zero-order valence-corrected chi connectivity index (χ0v) is 18.6. The maximum Gasteiger partial charge on any atom is 0.326 e. The second-order valence-electron chi connectivity index (χ2n) is 10.7. The Labute approximate surface area is 184 Å².